The van der Waals surface area contributed by atoms with Crippen molar-refractivity contribution in [2.24, 2.45) is 4.99 Å². The smallest absolute Gasteiger partial charge is 0.276 e. The van der Waals surface area contributed by atoms with Crippen LogP contribution in [-0.4, -0.2) is 64.6 Å². The monoisotopic (exact) mass is 371 g/mol. The number of amides is 1. The predicted molar refractivity (Wildman–Crippen MR) is 101 cm³/mol. The van der Waals surface area contributed by atoms with Crippen molar-refractivity contribution < 1.29 is 9.32 Å². The fourth-order valence-corrected chi connectivity index (χ4v) is 2.86. The van der Waals surface area contributed by atoms with Crippen LogP contribution in [0, 0.1) is 0 Å². The first-order valence-electron chi connectivity index (χ1n) is 9.18. The first kappa shape index (κ1) is 18.8. The summed E-state index contributed by atoms with van der Waals surface area (Å²) in [7, 11) is 1.83. The number of nitrogens with zero attached hydrogens (tertiary/aromatic N) is 5. The number of pyridine rings is 1. The summed E-state index contributed by atoms with van der Waals surface area (Å²) in [5.41, 5.74) is 0.658. The molecule has 1 aliphatic rings. The Bertz CT molecular complexity index is 775. The molecule has 9 nitrogen and oxygen atoms in total. The zero-order chi connectivity index (χ0) is 19.1. The highest BCUT2D eigenvalue weighted by Crippen LogP contribution is 2.13. The van der Waals surface area contributed by atoms with Gasteiger partial charge in [-0.05, 0) is 25.5 Å². The van der Waals surface area contributed by atoms with Gasteiger partial charge in [0.1, 0.15) is 5.69 Å². The summed E-state index contributed by atoms with van der Waals surface area (Å²) in [5, 5.41) is 10.6. The summed E-state index contributed by atoms with van der Waals surface area (Å²) in [6, 6.07) is 5.74. The van der Waals surface area contributed by atoms with E-state index in [0.29, 0.717) is 43.3 Å². The Balaban J connectivity index is 1.54. The van der Waals surface area contributed by atoms with E-state index in [4.69, 9.17) is 4.52 Å². The number of carbonyl (C=O) groups excluding carboxylic acids is 1. The van der Waals surface area contributed by atoms with Gasteiger partial charge in [0.25, 0.3) is 5.89 Å². The third kappa shape index (κ3) is 5.25. The third-order valence-corrected chi connectivity index (χ3v) is 4.27. The van der Waals surface area contributed by atoms with Crippen molar-refractivity contribution in [3.63, 3.8) is 0 Å². The van der Waals surface area contributed by atoms with Crippen LogP contribution in [0.4, 0.5) is 0 Å². The summed E-state index contributed by atoms with van der Waals surface area (Å²) >= 11 is 0. The van der Waals surface area contributed by atoms with Gasteiger partial charge in [0.2, 0.25) is 5.91 Å². The van der Waals surface area contributed by atoms with Gasteiger partial charge in [-0.3, -0.25) is 14.8 Å². The highest BCUT2D eigenvalue weighted by Gasteiger charge is 2.23. The predicted octanol–water partition coefficient (Wildman–Crippen LogP) is 0.850. The topological polar surface area (TPSA) is 109 Å². The second-order valence-electron chi connectivity index (χ2n) is 6.40. The van der Waals surface area contributed by atoms with Crippen molar-refractivity contribution in [2.45, 2.75) is 32.2 Å². The lowest BCUT2D eigenvalue weighted by Crippen LogP contribution is -2.51. The Labute approximate surface area is 158 Å². The van der Waals surface area contributed by atoms with E-state index in [0.717, 1.165) is 18.9 Å². The Kier molecular flexibility index (Phi) is 6.35. The average Bonchev–Trinajstić information content (AvgIpc) is 3.14. The number of rotatable bonds is 6. The number of aromatic nitrogens is 3. The van der Waals surface area contributed by atoms with Crippen LogP contribution in [-0.2, 0) is 11.2 Å². The molecule has 27 heavy (non-hydrogen) atoms. The lowest BCUT2D eigenvalue weighted by Gasteiger charge is -2.31. The largest absolute Gasteiger partial charge is 0.357 e. The average molecular weight is 371 g/mol. The number of likely N-dealkylation sites (N-methyl/N-ethyl adjacent to an activating group) is 1. The molecule has 0 radical (unpaired) electrons. The molecule has 144 valence electrons. The lowest BCUT2D eigenvalue weighted by atomic mass is 10.1. The minimum Gasteiger partial charge on any atom is -0.357 e. The summed E-state index contributed by atoms with van der Waals surface area (Å²) < 4.78 is 5.26. The number of hydrogen-bond acceptors (Lipinski definition) is 6. The Morgan fingerprint density at radius 1 is 1.44 bits per heavy atom. The molecule has 2 aromatic heterocycles. The number of hydrogen-bond donors (Lipinski definition) is 2. The Morgan fingerprint density at radius 3 is 3.07 bits per heavy atom. The molecule has 2 aromatic rings. The standard InChI is InChI=1S/C18H25N7O2/c1-3-19-18(22-13-7-8-16(26)25(2)12-13)21-11-9-15-23-17(27-24-15)14-6-4-5-10-20-14/h4-6,10,13H,3,7-9,11-12H2,1-2H3,(H2,19,21,22). The molecule has 1 aliphatic heterocycles. The van der Waals surface area contributed by atoms with Crippen LogP contribution in [0.5, 0.6) is 0 Å². The van der Waals surface area contributed by atoms with E-state index < -0.39 is 0 Å². The van der Waals surface area contributed by atoms with Crippen LogP contribution >= 0.6 is 0 Å². The molecule has 1 amide bonds. The van der Waals surface area contributed by atoms with Crippen molar-refractivity contribution in [1.82, 2.24) is 30.7 Å². The van der Waals surface area contributed by atoms with E-state index in [1.165, 1.54) is 0 Å². The van der Waals surface area contributed by atoms with Gasteiger partial charge in [0, 0.05) is 51.8 Å². The molecule has 0 aliphatic carbocycles. The molecule has 3 heterocycles. The third-order valence-electron chi connectivity index (χ3n) is 4.27. The van der Waals surface area contributed by atoms with E-state index in [-0.39, 0.29) is 11.9 Å². The highest BCUT2D eigenvalue weighted by atomic mass is 16.5. The van der Waals surface area contributed by atoms with E-state index in [1.807, 2.05) is 32.2 Å². The molecular formula is C18H25N7O2. The van der Waals surface area contributed by atoms with E-state index >= 15 is 0 Å². The minimum absolute atomic E-state index is 0.191. The van der Waals surface area contributed by atoms with Gasteiger partial charge in [0.05, 0.1) is 0 Å². The second-order valence-corrected chi connectivity index (χ2v) is 6.40. The maximum absolute atomic E-state index is 11.6. The van der Waals surface area contributed by atoms with Crippen molar-refractivity contribution in [2.75, 3.05) is 26.7 Å². The lowest BCUT2D eigenvalue weighted by molar-refractivity contribution is -0.132. The van der Waals surface area contributed by atoms with Crippen molar-refractivity contribution >= 4 is 11.9 Å². The maximum atomic E-state index is 11.6. The fraction of sp³-hybridized carbons (Fsp3) is 0.500. The number of nitrogens with one attached hydrogen (secondary N) is 2. The van der Waals surface area contributed by atoms with Crippen LogP contribution in [0.25, 0.3) is 11.6 Å². The molecule has 0 saturated carbocycles. The minimum atomic E-state index is 0.191. The van der Waals surface area contributed by atoms with Crippen LogP contribution in [0.3, 0.4) is 0 Å². The summed E-state index contributed by atoms with van der Waals surface area (Å²) in [6.45, 7) is 3.99. The van der Waals surface area contributed by atoms with Gasteiger partial charge < -0.3 is 20.1 Å². The molecule has 1 saturated heterocycles. The van der Waals surface area contributed by atoms with E-state index in [9.17, 15) is 4.79 Å². The van der Waals surface area contributed by atoms with Gasteiger partial charge >= 0.3 is 0 Å². The fourth-order valence-electron chi connectivity index (χ4n) is 2.86. The number of likely N-dealkylation sites (tertiary alicyclic amines) is 1. The molecule has 1 atom stereocenters. The molecule has 1 unspecified atom stereocenters. The van der Waals surface area contributed by atoms with Gasteiger partial charge in [-0.25, -0.2) is 0 Å². The summed E-state index contributed by atoms with van der Waals surface area (Å²) in [4.78, 5) is 26.5. The van der Waals surface area contributed by atoms with Crippen LogP contribution < -0.4 is 10.6 Å². The highest BCUT2D eigenvalue weighted by molar-refractivity contribution is 5.81. The summed E-state index contributed by atoms with van der Waals surface area (Å²) in [5.74, 6) is 1.93. The van der Waals surface area contributed by atoms with Gasteiger partial charge in [0.15, 0.2) is 11.8 Å². The normalized spacial score (nSPS) is 17.9. The zero-order valence-corrected chi connectivity index (χ0v) is 15.7. The quantitative estimate of drug-likeness (QED) is 0.572. The van der Waals surface area contributed by atoms with Gasteiger partial charge in [-0.15, -0.1) is 0 Å². The Hall–Kier alpha value is -2.97. The molecule has 1 fully saturated rings. The first-order valence-corrected chi connectivity index (χ1v) is 9.18. The van der Waals surface area contributed by atoms with E-state index in [2.05, 4.69) is 30.8 Å². The van der Waals surface area contributed by atoms with Crippen LogP contribution in [0.1, 0.15) is 25.6 Å². The van der Waals surface area contributed by atoms with Crippen molar-refractivity contribution in [3.8, 4) is 11.6 Å². The van der Waals surface area contributed by atoms with Gasteiger partial charge in [-0.2, -0.15) is 4.98 Å². The molecule has 9 heteroatoms. The molecule has 3 rings (SSSR count). The number of piperidine rings is 1. The molecule has 0 spiro atoms. The van der Waals surface area contributed by atoms with Crippen molar-refractivity contribution in [1.29, 1.82) is 0 Å². The molecule has 0 aromatic carbocycles. The zero-order valence-electron chi connectivity index (χ0n) is 15.7. The van der Waals surface area contributed by atoms with Crippen molar-refractivity contribution in [3.05, 3.63) is 30.2 Å². The number of carbonyl (C=O) groups is 1. The first-order chi connectivity index (χ1) is 13.2. The second kappa shape index (κ2) is 9.11. The van der Waals surface area contributed by atoms with Crippen LogP contribution in [0.15, 0.2) is 33.9 Å². The van der Waals surface area contributed by atoms with E-state index in [1.54, 1.807) is 11.1 Å². The van der Waals surface area contributed by atoms with Crippen LogP contribution in [0.2, 0.25) is 0 Å². The Morgan fingerprint density at radius 2 is 2.33 bits per heavy atom. The number of guanidine groups is 1. The molecule has 2 N–H and O–H groups in total. The summed E-state index contributed by atoms with van der Waals surface area (Å²) in [6.07, 6.45) is 3.63. The molecular weight excluding hydrogens is 346 g/mol. The number of aliphatic imine (C=N–C) groups is 1. The maximum Gasteiger partial charge on any atom is 0.276 e. The van der Waals surface area contributed by atoms with Gasteiger partial charge in [-0.1, -0.05) is 11.2 Å². The molecule has 0 bridgehead atoms. The SMILES string of the molecule is CCNC(=NCCc1noc(-c2ccccn2)n1)NC1CCC(=O)N(C)C1.